The third-order valence-electron chi connectivity index (χ3n) is 3.33. The summed E-state index contributed by atoms with van der Waals surface area (Å²) in [7, 11) is 0. The molecule has 1 fully saturated rings. The minimum Gasteiger partial charge on any atom is -0.444 e. The topological polar surface area (TPSA) is 53.6 Å². The fraction of sp³-hybridized carbons (Fsp3) is 0.933. The number of hydrogen-bond donors (Lipinski definition) is 2. The fourth-order valence-electron chi connectivity index (χ4n) is 2.40. The largest absolute Gasteiger partial charge is 0.444 e. The summed E-state index contributed by atoms with van der Waals surface area (Å²) >= 11 is 0. The van der Waals surface area contributed by atoms with E-state index in [4.69, 9.17) is 4.74 Å². The highest BCUT2D eigenvalue weighted by molar-refractivity contribution is 5.67. The summed E-state index contributed by atoms with van der Waals surface area (Å²) in [5.41, 5.74) is -0.423. The average Bonchev–Trinajstić information content (AvgIpc) is 2.75. The highest BCUT2D eigenvalue weighted by Crippen LogP contribution is 2.14. The van der Waals surface area contributed by atoms with Gasteiger partial charge in [-0.15, -0.1) is 0 Å². The molecule has 0 radical (unpaired) electrons. The molecular formula is C15H31N3O2. The van der Waals surface area contributed by atoms with Gasteiger partial charge in [0.25, 0.3) is 0 Å². The first kappa shape index (κ1) is 17.2. The molecular weight excluding hydrogens is 254 g/mol. The number of carbonyl (C=O) groups is 1. The van der Waals surface area contributed by atoms with Crippen molar-refractivity contribution in [2.75, 3.05) is 39.3 Å². The van der Waals surface area contributed by atoms with Gasteiger partial charge in [-0.25, -0.2) is 4.79 Å². The lowest BCUT2D eigenvalue weighted by atomic mass is 10.1. The van der Waals surface area contributed by atoms with Crippen LogP contribution in [0.5, 0.6) is 0 Å². The number of alkyl carbamates (subject to hydrolysis) is 1. The van der Waals surface area contributed by atoms with E-state index in [1.165, 1.54) is 12.8 Å². The number of carbonyl (C=O) groups excluding carboxylic acids is 1. The molecule has 5 nitrogen and oxygen atoms in total. The van der Waals surface area contributed by atoms with Gasteiger partial charge in [0, 0.05) is 19.6 Å². The zero-order valence-corrected chi connectivity index (χ0v) is 13.5. The lowest BCUT2D eigenvalue weighted by molar-refractivity contribution is 0.0523. The second-order valence-electron chi connectivity index (χ2n) is 6.59. The van der Waals surface area contributed by atoms with Gasteiger partial charge in [-0.2, -0.15) is 0 Å². The monoisotopic (exact) mass is 285 g/mol. The Morgan fingerprint density at radius 2 is 2.10 bits per heavy atom. The van der Waals surface area contributed by atoms with Crippen molar-refractivity contribution in [1.29, 1.82) is 0 Å². The summed E-state index contributed by atoms with van der Waals surface area (Å²) in [5, 5.41) is 6.30. The van der Waals surface area contributed by atoms with Crippen molar-refractivity contribution in [3.8, 4) is 0 Å². The Balaban J connectivity index is 2.07. The van der Waals surface area contributed by atoms with Crippen LogP contribution in [0.15, 0.2) is 0 Å². The van der Waals surface area contributed by atoms with Crippen molar-refractivity contribution in [2.24, 2.45) is 5.92 Å². The molecule has 118 valence electrons. The number of nitrogens with zero attached hydrogens (tertiary/aromatic N) is 1. The molecule has 1 unspecified atom stereocenters. The third kappa shape index (κ3) is 7.70. The van der Waals surface area contributed by atoms with E-state index in [1.54, 1.807) is 0 Å². The molecule has 0 aromatic heterocycles. The first-order valence-electron chi connectivity index (χ1n) is 7.80. The first-order valence-corrected chi connectivity index (χ1v) is 7.80. The lowest BCUT2D eigenvalue weighted by Gasteiger charge is -2.21. The number of nitrogens with one attached hydrogen (secondary N) is 2. The molecule has 1 aliphatic heterocycles. The minimum atomic E-state index is -0.423. The summed E-state index contributed by atoms with van der Waals surface area (Å²) in [6, 6.07) is 0. The summed E-state index contributed by atoms with van der Waals surface area (Å²) in [6.07, 6.45) is 2.12. The predicted molar refractivity (Wildman–Crippen MR) is 81.9 cm³/mol. The van der Waals surface area contributed by atoms with Crippen LogP contribution in [-0.4, -0.2) is 55.9 Å². The van der Waals surface area contributed by atoms with E-state index in [1.807, 2.05) is 20.8 Å². The molecule has 0 aromatic rings. The normalized spacial score (nSPS) is 20.1. The smallest absolute Gasteiger partial charge is 0.407 e. The lowest BCUT2D eigenvalue weighted by Crippen LogP contribution is -2.37. The Morgan fingerprint density at radius 3 is 2.75 bits per heavy atom. The number of likely N-dealkylation sites (tertiary alicyclic amines) is 1. The van der Waals surface area contributed by atoms with Gasteiger partial charge >= 0.3 is 6.09 Å². The van der Waals surface area contributed by atoms with Crippen molar-refractivity contribution in [2.45, 2.75) is 46.1 Å². The van der Waals surface area contributed by atoms with Crippen LogP contribution in [0.25, 0.3) is 0 Å². The predicted octanol–water partition coefficient (Wildman–Crippen LogP) is 1.83. The molecule has 0 aromatic carbocycles. The van der Waals surface area contributed by atoms with Crippen LogP contribution < -0.4 is 10.6 Å². The Hall–Kier alpha value is -0.810. The Bertz CT molecular complexity index is 289. The molecule has 0 spiro atoms. The zero-order valence-electron chi connectivity index (χ0n) is 13.5. The molecule has 0 bridgehead atoms. The van der Waals surface area contributed by atoms with E-state index >= 15 is 0 Å². The first-order chi connectivity index (χ1) is 9.40. The highest BCUT2D eigenvalue weighted by atomic mass is 16.6. The van der Waals surface area contributed by atoms with Crippen LogP contribution in [0.4, 0.5) is 4.79 Å². The van der Waals surface area contributed by atoms with E-state index < -0.39 is 5.60 Å². The molecule has 5 heteroatoms. The fourth-order valence-corrected chi connectivity index (χ4v) is 2.40. The summed E-state index contributed by atoms with van der Waals surface area (Å²) in [6.45, 7) is 13.9. The molecule has 1 heterocycles. The Morgan fingerprint density at radius 1 is 1.35 bits per heavy atom. The van der Waals surface area contributed by atoms with E-state index in [0.29, 0.717) is 6.54 Å². The van der Waals surface area contributed by atoms with Gasteiger partial charge in [0.2, 0.25) is 0 Å². The summed E-state index contributed by atoms with van der Waals surface area (Å²) < 4.78 is 5.21. The van der Waals surface area contributed by atoms with Gasteiger partial charge in [0.05, 0.1) is 0 Å². The van der Waals surface area contributed by atoms with Crippen LogP contribution in [0.2, 0.25) is 0 Å². The SMILES string of the molecule is CCCNCC1CCN(CCNC(=O)OC(C)(C)C)C1. The molecule has 20 heavy (non-hydrogen) atoms. The number of amides is 1. The van der Waals surface area contributed by atoms with Crippen LogP contribution in [0.3, 0.4) is 0 Å². The van der Waals surface area contributed by atoms with Crippen molar-refractivity contribution < 1.29 is 9.53 Å². The molecule has 1 aliphatic rings. The number of hydrogen-bond acceptors (Lipinski definition) is 4. The summed E-state index contributed by atoms with van der Waals surface area (Å²) in [4.78, 5) is 13.9. The molecule has 1 amide bonds. The van der Waals surface area contributed by atoms with Gasteiger partial charge in [-0.05, 0) is 59.2 Å². The van der Waals surface area contributed by atoms with E-state index in [2.05, 4.69) is 22.5 Å². The van der Waals surface area contributed by atoms with Crippen LogP contribution in [0, 0.1) is 5.92 Å². The Kier molecular flexibility index (Phi) is 7.30. The number of ether oxygens (including phenoxy) is 1. The standard InChI is InChI=1S/C15H31N3O2/c1-5-7-16-11-13-6-9-18(12-13)10-8-17-14(19)20-15(2,3)4/h13,16H,5-12H2,1-4H3,(H,17,19). The second kappa shape index (κ2) is 8.47. The van der Waals surface area contributed by atoms with Crippen LogP contribution in [-0.2, 0) is 4.74 Å². The van der Waals surface area contributed by atoms with E-state index in [-0.39, 0.29) is 6.09 Å². The molecule has 2 N–H and O–H groups in total. The molecule has 1 atom stereocenters. The number of rotatable bonds is 7. The minimum absolute atomic E-state index is 0.321. The van der Waals surface area contributed by atoms with Crippen LogP contribution >= 0.6 is 0 Å². The summed E-state index contributed by atoms with van der Waals surface area (Å²) in [5.74, 6) is 0.753. The maximum atomic E-state index is 11.5. The molecule has 1 rings (SSSR count). The molecule has 0 saturated carbocycles. The van der Waals surface area contributed by atoms with Crippen molar-refractivity contribution in [1.82, 2.24) is 15.5 Å². The van der Waals surface area contributed by atoms with Crippen molar-refractivity contribution in [3.05, 3.63) is 0 Å². The van der Waals surface area contributed by atoms with Gasteiger partial charge < -0.3 is 20.3 Å². The molecule has 0 aliphatic carbocycles. The highest BCUT2D eigenvalue weighted by Gasteiger charge is 2.22. The Labute approximate surface area is 123 Å². The van der Waals surface area contributed by atoms with E-state index in [9.17, 15) is 4.79 Å². The molecule has 1 saturated heterocycles. The van der Waals surface area contributed by atoms with Gasteiger partial charge in [0.1, 0.15) is 5.60 Å². The van der Waals surface area contributed by atoms with Gasteiger partial charge in [0.15, 0.2) is 0 Å². The second-order valence-corrected chi connectivity index (χ2v) is 6.59. The third-order valence-corrected chi connectivity index (χ3v) is 3.33. The maximum Gasteiger partial charge on any atom is 0.407 e. The van der Waals surface area contributed by atoms with Crippen molar-refractivity contribution >= 4 is 6.09 Å². The van der Waals surface area contributed by atoms with Gasteiger partial charge in [-0.1, -0.05) is 6.92 Å². The van der Waals surface area contributed by atoms with Crippen LogP contribution in [0.1, 0.15) is 40.5 Å². The van der Waals surface area contributed by atoms with E-state index in [0.717, 1.165) is 38.6 Å². The van der Waals surface area contributed by atoms with Crippen molar-refractivity contribution in [3.63, 3.8) is 0 Å². The maximum absolute atomic E-state index is 11.5. The average molecular weight is 285 g/mol. The quantitative estimate of drug-likeness (QED) is 0.701. The van der Waals surface area contributed by atoms with Gasteiger partial charge in [-0.3, -0.25) is 0 Å². The zero-order chi connectivity index (χ0) is 15.0.